The molecule has 2 rings (SSSR count). The van der Waals surface area contributed by atoms with Crippen LogP contribution in [-0.4, -0.2) is 30.9 Å². The first kappa shape index (κ1) is 21.2. The van der Waals surface area contributed by atoms with Crippen LogP contribution in [-0.2, 0) is 19.1 Å². The standard InChI is InChI=1S/C21H20ClNO5/c1-3-27-13-18(21(26)28-4-2)20(25)23-17-11-7-15(8-12-17)19(24)14-5-9-16(22)10-6-14/h5-13H,3-4H2,1-2H3,(H,23,25). The number of ether oxygens (including phenoxy) is 2. The lowest BCUT2D eigenvalue weighted by molar-refractivity contribution is -0.139. The molecule has 0 aliphatic carbocycles. The van der Waals surface area contributed by atoms with Gasteiger partial charge < -0.3 is 14.8 Å². The largest absolute Gasteiger partial charge is 0.500 e. The Hall–Kier alpha value is -3.12. The lowest BCUT2D eigenvalue weighted by atomic mass is 10.0. The Labute approximate surface area is 168 Å². The van der Waals surface area contributed by atoms with E-state index < -0.39 is 11.9 Å². The minimum absolute atomic E-state index is 0.136. The van der Waals surface area contributed by atoms with Gasteiger partial charge in [0.2, 0.25) is 0 Å². The molecule has 0 fully saturated rings. The highest BCUT2D eigenvalue weighted by molar-refractivity contribution is 6.30. The van der Waals surface area contributed by atoms with Gasteiger partial charge in [-0.2, -0.15) is 0 Å². The first-order valence-electron chi connectivity index (χ1n) is 8.66. The number of ketones is 1. The number of nitrogens with one attached hydrogen (secondary N) is 1. The van der Waals surface area contributed by atoms with Crippen LogP contribution >= 0.6 is 11.6 Å². The zero-order valence-corrected chi connectivity index (χ0v) is 16.3. The molecule has 0 bridgehead atoms. The van der Waals surface area contributed by atoms with Crippen LogP contribution in [0.5, 0.6) is 0 Å². The predicted molar refractivity (Wildman–Crippen MR) is 106 cm³/mol. The summed E-state index contributed by atoms with van der Waals surface area (Å²) in [7, 11) is 0. The second kappa shape index (κ2) is 10.3. The van der Waals surface area contributed by atoms with Crippen molar-refractivity contribution in [2.24, 2.45) is 0 Å². The van der Waals surface area contributed by atoms with Crippen LogP contribution in [0.15, 0.2) is 60.4 Å². The van der Waals surface area contributed by atoms with Crippen LogP contribution in [0.4, 0.5) is 5.69 Å². The average molecular weight is 402 g/mol. The molecule has 2 aromatic rings. The van der Waals surface area contributed by atoms with Crippen molar-refractivity contribution in [3.05, 3.63) is 76.5 Å². The molecular formula is C21H20ClNO5. The van der Waals surface area contributed by atoms with Crippen molar-refractivity contribution in [2.75, 3.05) is 18.5 Å². The fraction of sp³-hybridized carbons (Fsp3) is 0.190. The number of rotatable bonds is 8. The molecule has 0 radical (unpaired) electrons. The van der Waals surface area contributed by atoms with Crippen LogP contribution < -0.4 is 5.32 Å². The van der Waals surface area contributed by atoms with Gasteiger partial charge in [0.1, 0.15) is 6.26 Å². The molecule has 7 heteroatoms. The first-order valence-corrected chi connectivity index (χ1v) is 9.04. The molecule has 146 valence electrons. The summed E-state index contributed by atoms with van der Waals surface area (Å²) in [5.41, 5.74) is 1.13. The van der Waals surface area contributed by atoms with E-state index >= 15 is 0 Å². The summed E-state index contributed by atoms with van der Waals surface area (Å²) in [4.78, 5) is 36.7. The van der Waals surface area contributed by atoms with Crippen LogP contribution in [0.3, 0.4) is 0 Å². The summed E-state index contributed by atoms with van der Waals surface area (Å²) in [6, 6.07) is 12.9. The molecule has 2 aromatic carbocycles. The minimum atomic E-state index is -0.775. The molecule has 1 amide bonds. The van der Waals surface area contributed by atoms with Gasteiger partial charge in [0.15, 0.2) is 11.4 Å². The lowest BCUT2D eigenvalue weighted by Gasteiger charge is -2.09. The Morgan fingerprint density at radius 1 is 0.929 bits per heavy atom. The maximum atomic E-state index is 12.5. The topological polar surface area (TPSA) is 81.7 Å². The quantitative estimate of drug-likeness (QED) is 0.180. The van der Waals surface area contributed by atoms with E-state index in [1.807, 2.05) is 0 Å². The van der Waals surface area contributed by atoms with Crippen LogP contribution in [0.2, 0.25) is 5.02 Å². The van der Waals surface area contributed by atoms with Crippen LogP contribution in [0.25, 0.3) is 0 Å². The molecule has 6 nitrogen and oxygen atoms in total. The molecule has 0 saturated carbocycles. The van der Waals surface area contributed by atoms with E-state index in [0.717, 1.165) is 6.26 Å². The zero-order valence-electron chi connectivity index (χ0n) is 15.5. The molecule has 28 heavy (non-hydrogen) atoms. The summed E-state index contributed by atoms with van der Waals surface area (Å²) >= 11 is 5.83. The van der Waals surface area contributed by atoms with Crippen LogP contribution in [0, 0.1) is 0 Å². The van der Waals surface area contributed by atoms with Crippen molar-refractivity contribution in [1.29, 1.82) is 0 Å². The van der Waals surface area contributed by atoms with Gasteiger partial charge in [-0.1, -0.05) is 11.6 Å². The van der Waals surface area contributed by atoms with E-state index in [9.17, 15) is 14.4 Å². The molecule has 0 aromatic heterocycles. The SMILES string of the molecule is CCOC=C(C(=O)Nc1ccc(C(=O)c2ccc(Cl)cc2)cc1)C(=O)OCC. The first-order chi connectivity index (χ1) is 13.5. The molecule has 0 atom stereocenters. The highest BCUT2D eigenvalue weighted by Gasteiger charge is 2.20. The number of anilines is 1. The summed E-state index contributed by atoms with van der Waals surface area (Å²) in [6.07, 6.45) is 1.08. The van der Waals surface area contributed by atoms with Gasteiger partial charge in [0, 0.05) is 21.8 Å². The lowest BCUT2D eigenvalue weighted by Crippen LogP contribution is -2.22. The summed E-state index contributed by atoms with van der Waals surface area (Å²) in [5.74, 6) is -1.61. The normalized spacial score (nSPS) is 10.9. The minimum Gasteiger partial charge on any atom is -0.500 e. The van der Waals surface area contributed by atoms with Gasteiger partial charge >= 0.3 is 5.97 Å². The molecule has 0 heterocycles. The van der Waals surface area contributed by atoms with Gasteiger partial charge in [0.05, 0.1) is 13.2 Å². The molecule has 0 aliphatic heterocycles. The van der Waals surface area contributed by atoms with Crippen molar-refractivity contribution in [1.82, 2.24) is 0 Å². The number of amides is 1. The Morgan fingerprint density at radius 3 is 2.04 bits per heavy atom. The van der Waals surface area contributed by atoms with E-state index in [2.05, 4.69) is 5.32 Å². The van der Waals surface area contributed by atoms with Crippen molar-refractivity contribution in [3.63, 3.8) is 0 Å². The number of halogens is 1. The molecule has 0 aliphatic rings. The van der Waals surface area contributed by atoms with E-state index in [0.29, 0.717) is 28.4 Å². The number of carbonyl (C=O) groups excluding carboxylic acids is 3. The number of benzene rings is 2. The number of carbonyl (C=O) groups is 3. The fourth-order valence-corrected chi connectivity index (χ4v) is 2.37. The van der Waals surface area contributed by atoms with Gasteiger partial charge in [-0.15, -0.1) is 0 Å². The monoisotopic (exact) mass is 401 g/mol. The Bertz CT molecular complexity index is 873. The highest BCUT2D eigenvalue weighted by Crippen LogP contribution is 2.17. The van der Waals surface area contributed by atoms with E-state index in [-0.39, 0.29) is 18.0 Å². The second-order valence-electron chi connectivity index (χ2n) is 5.57. The smallest absolute Gasteiger partial charge is 0.346 e. The molecule has 0 spiro atoms. The van der Waals surface area contributed by atoms with Crippen molar-refractivity contribution >= 4 is 34.9 Å². The zero-order chi connectivity index (χ0) is 20.5. The van der Waals surface area contributed by atoms with E-state index in [1.54, 1.807) is 62.4 Å². The van der Waals surface area contributed by atoms with E-state index in [4.69, 9.17) is 21.1 Å². The molecule has 0 unspecified atom stereocenters. The Kier molecular flexibility index (Phi) is 7.77. The van der Waals surface area contributed by atoms with Crippen molar-refractivity contribution in [3.8, 4) is 0 Å². The number of hydrogen-bond donors (Lipinski definition) is 1. The second-order valence-corrected chi connectivity index (χ2v) is 6.01. The maximum Gasteiger partial charge on any atom is 0.346 e. The molecule has 0 saturated heterocycles. The third kappa shape index (κ3) is 5.69. The van der Waals surface area contributed by atoms with Crippen molar-refractivity contribution < 1.29 is 23.9 Å². The Morgan fingerprint density at radius 2 is 1.50 bits per heavy atom. The summed E-state index contributed by atoms with van der Waals surface area (Å²) < 4.78 is 9.92. The van der Waals surface area contributed by atoms with Gasteiger partial charge in [-0.25, -0.2) is 4.79 Å². The van der Waals surface area contributed by atoms with Crippen LogP contribution in [0.1, 0.15) is 29.8 Å². The molecular weight excluding hydrogens is 382 g/mol. The van der Waals surface area contributed by atoms with Gasteiger partial charge in [0.25, 0.3) is 5.91 Å². The third-order valence-corrected chi connectivity index (χ3v) is 3.87. The van der Waals surface area contributed by atoms with E-state index in [1.165, 1.54) is 0 Å². The summed E-state index contributed by atoms with van der Waals surface area (Å²) in [6.45, 7) is 3.81. The number of esters is 1. The maximum absolute atomic E-state index is 12.5. The fourth-order valence-electron chi connectivity index (χ4n) is 2.24. The number of hydrogen-bond acceptors (Lipinski definition) is 5. The summed E-state index contributed by atoms with van der Waals surface area (Å²) in [5, 5.41) is 3.14. The Balaban J connectivity index is 2.11. The predicted octanol–water partition coefficient (Wildman–Crippen LogP) is 3.99. The average Bonchev–Trinajstić information content (AvgIpc) is 2.69. The van der Waals surface area contributed by atoms with Gasteiger partial charge in [-0.3, -0.25) is 9.59 Å². The van der Waals surface area contributed by atoms with Crippen molar-refractivity contribution in [2.45, 2.75) is 13.8 Å². The highest BCUT2D eigenvalue weighted by atomic mass is 35.5. The third-order valence-electron chi connectivity index (χ3n) is 3.62. The van der Waals surface area contributed by atoms with Gasteiger partial charge in [-0.05, 0) is 62.4 Å². The molecule has 1 N–H and O–H groups in total.